The smallest absolute Gasteiger partial charge is 0.369 e. The number of nitrogens with one attached hydrogen (secondary N) is 2. The number of alkyl halides is 3. The third-order valence-corrected chi connectivity index (χ3v) is 7.78. The maximum absolute atomic E-state index is 13.6. The summed E-state index contributed by atoms with van der Waals surface area (Å²) in [6.45, 7) is 5.67. The van der Waals surface area contributed by atoms with E-state index in [1.807, 2.05) is 66.3 Å². The molecule has 5 aromatic rings. The van der Waals surface area contributed by atoms with E-state index in [4.69, 9.17) is 4.98 Å². The molecule has 0 saturated carbocycles. The highest BCUT2D eigenvalue weighted by molar-refractivity contribution is 5.88. The Balaban J connectivity index is 1.22. The summed E-state index contributed by atoms with van der Waals surface area (Å²) in [4.78, 5) is 10.9. The van der Waals surface area contributed by atoms with Crippen molar-refractivity contribution in [1.29, 1.82) is 0 Å². The first-order chi connectivity index (χ1) is 19.1. The second-order valence-corrected chi connectivity index (χ2v) is 10.5. The number of rotatable bonds is 6. The molecule has 4 heterocycles. The predicted molar refractivity (Wildman–Crippen MR) is 151 cm³/mol. The van der Waals surface area contributed by atoms with Gasteiger partial charge in [0.05, 0.1) is 23.0 Å². The number of nitrogens with zero attached hydrogens (tertiary/aromatic N) is 5. The molecule has 0 bridgehead atoms. The molecule has 1 aliphatic heterocycles. The maximum Gasteiger partial charge on any atom is 0.395 e. The van der Waals surface area contributed by atoms with Crippen molar-refractivity contribution in [2.45, 2.75) is 19.5 Å². The summed E-state index contributed by atoms with van der Waals surface area (Å²) < 4.78 is 42.7. The molecule has 1 aliphatic rings. The van der Waals surface area contributed by atoms with Gasteiger partial charge < -0.3 is 14.8 Å². The average molecular weight is 544 g/mol. The van der Waals surface area contributed by atoms with Crippen LogP contribution in [0.2, 0.25) is 0 Å². The number of aromatic nitrogens is 5. The fraction of sp³-hybridized carbons (Fsp3) is 0.233. The lowest BCUT2D eigenvalue weighted by molar-refractivity contribution is -0.212. The second-order valence-electron chi connectivity index (χ2n) is 10.5. The zero-order valence-electron chi connectivity index (χ0n) is 22.1. The van der Waals surface area contributed by atoms with Crippen LogP contribution in [0.5, 0.6) is 0 Å². The highest BCUT2D eigenvalue weighted by Gasteiger charge is 2.54. The van der Waals surface area contributed by atoms with Crippen LogP contribution in [-0.2, 0) is 7.05 Å². The number of aryl methyl sites for hydroxylation is 1. The molecule has 0 radical (unpaired) electrons. The number of anilines is 2. The van der Waals surface area contributed by atoms with E-state index < -0.39 is 11.6 Å². The Morgan fingerprint density at radius 1 is 1.05 bits per heavy atom. The van der Waals surface area contributed by atoms with Crippen LogP contribution in [0.4, 0.5) is 24.7 Å². The van der Waals surface area contributed by atoms with Crippen molar-refractivity contribution in [2.24, 2.45) is 12.5 Å². The zero-order valence-corrected chi connectivity index (χ0v) is 22.1. The van der Waals surface area contributed by atoms with E-state index in [1.54, 1.807) is 23.4 Å². The fourth-order valence-electron chi connectivity index (χ4n) is 5.20. The molecular weight excluding hydrogens is 515 g/mol. The molecule has 1 fully saturated rings. The first kappa shape index (κ1) is 25.7. The van der Waals surface area contributed by atoms with Gasteiger partial charge in [0.15, 0.2) is 5.82 Å². The Bertz CT molecular complexity index is 1690. The summed E-state index contributed by atoms with van der Waals surface area (Å²) >= 11 is 0. The molecule has 10 heteroatoms. The normalized spacial score (nSPS) is 17.5. The maximum atomic E-state index is 13.6. The van der Waals surface area contributed by atoms with E-state index in [0.29, 0.717) is 23.9 Å². The zero-order chi connectivity index (χ0) is 28.1. The lowest BCUT2D eigenvalue weighted by Crippen LogP contribution is -2.37. The Morgan fingerprint density at radius 2 is 1.82 bits per heavy atom. The van der Waals surface area contributed by atoms with E-state index in [0.717, 1.165) is 39.0 Å². The topological polar surface area (TPSA) is 74.7 Å². The van der Waals surface area contributed by atoms with Crippen LogP contribution < -0.4 is 5.32 Å². The molecule has 2 N–H and O–H groups in total. The molecule has 204 valence electrons. The molecular formula is C30H28F3N7. The number of likely N-dealkylation sites (tertiary alicyclic amines) is 1. The lowest BCUT2D eigenvalue weighted by Gasteiger charge is -2.28. The number of hydrogen-bond acceptors (Lipinski definition) is 5. The van der Waals surface area contributed by atoms with Gasteiger partial charge in [-0.25, -0.2) is 9.97 Å². The van der Waals surface area contributed by atoms with Crippen molar-refractivity contribution in [3.05, 3.63) is 85.5 Å². The highest BCUT2D eigenvalue weighted by atomic mass is 19.4. The van der Waals surface area contributed by atoms with Crippen molar-refractivity contribution < 1.29 is 13.2 Å². The van der Waals surface area contributed by atoms with Crippen molar-refractivity contribution in [2.75, 3.05) is 18.4 Å². The predicted octanol–water partition coefficient (Wildman–Crippen LogP) is 7.01. The van der Waals surface area contributed by atoms with Crippen molar-refractivity contribution >= 4 is 28.1 Å². The second kappa shape index (κ2) is 9.55. The van der Waals surface area contributed by atoms with E-state index >= 15 is 0 Å². The number of H-pyrrole nitrogens is 1. The third-order valence-electron chi connectivity index (χ3n) is 7.78. The van der Waals surface area contributed by atoms with E-state index in [1.165, 1.54) is 6.92 Å². The molecule has 3 aromatic heterocycles. The molecule has 1 saturated heterocycles. The van der Waals surface area contributed by atoms with Crippen LogP contribution in [0, 0.1) is 5.41 Å². The summed E-state index contributed by atoms with van der Waals surface area (Å²) in [7, 11) is 1.90. The minimum atomic E-state index is -4.25. The van der Waals surface area contributed by atoms with Gasteiger partial charge in [0.2, 0.25) is 0 Å². The first-order valence-electron chi connectivity index (χ1n) is 12.9. The molecule has 1 atom stereocenters. The fourth-order valence-corrected chi connectivity index (χ4v) is 5.20. The largest absolute Gasteiger partial charge is 0.395 e. The standard InChI is InChI=1S/C30H28F3N7/c1-19(40-13-11-29(2,18-40)30(31,32)33)25-14-21-4-5-22(15-26(21)39(25)3)28-34-12-10-27(38-28)37-24-8-6-20(7-9-24)23-16-35-36-17-23/h4-10,12,14-17H,1,11,13,18H2,2-3H3,(H,35,36)(H,34,37,38). The molecule has 40 heavy (non-hydrogen) atoms. The van der Waals surface area contributed by atoms with E-state index in [2.05, 4.69) is 27.1 Å². The van der Waals surface area contributed by atoms with E-state index in [-0.39, 0.29) is 13.0 Å². The average Bonchev–Trinajstić information content (AvgIpc) is 3.69. The van der Waals surface area contributed by atoms with Crippen molar-refractivity contribution in [1.82, 2.24) is 29.6 Å². The quantitative estimate of drug-likeness (QED) is 0.241. The number of fused-ring (bicyclic) bond motifs is 1. The SMILES string of the molecule is C=C(c1cc2ccc(-c3nccc(Nc4ccc(-c5cn[nH]c5)cc4)n3)cc2n1C)N1CCC(C)(C(F)(F)F)C1. The van der Waals surface area contributed by atoms with Crippen LogP contribution in [0.1, 0.15) is 19.0 Å². The van der Waals surface area contributed by atoms with Gasteiger partial charge in [-0.05, 0) is 49.2 Å². The molecule has 6 rings (SSSR count). The first-order valence-corrected chi connectivity index (χ1v) is 12.9. The van der Waals surface area contributed by atoms with Crippen LogP contribution >= 0.6 is 0 Å². The van der Waals surface area contributed by atoms with Crippen LogP contribution in [0.3, 0.4) is 0 Å². The Labute approximate surface area is 229 Å². The van der Waals surface area contributed by atoms with Crippen molar-refractivity contribution in [3.63, 3.8) is 0 Å². The lowest BCUT2D eigenvalue weighted by atomic mass is 9.89. The number of benzene rings is 2. The van der Waals surface area contributed by atoms with Crippen LogP contribution in [-0.4, -0.2) is 48.9 Å². The monoisotopic (exact) mass is 543 g/mol. The molecule has 0 aliphatic carbocycles. The molecule has 7 nitrogen and oxygen atoms in total. The highest BCUT2D eigenvalue weighted by Crippen LogP contribution is 2.46. The Morgan fingerprint density at radius 3 is 2.52 bits per heavy atom. The minimum Gasteiger partial charge on any atom is -0.369 e. The van der Waals surface area contributed by atoms with Crippen LogP contribution in [0.15, 0.2) is 79.8 Å². The van der Waals surface area contributed by atoms with Crippen LogP contribution in [0.25, 0.3) is 39.1 Å². The van der Waals surface area contributed by atoms with Gasteiger partial charge in [0.25, 0.3) is 0 Å². The van der Waals surface area contributed by atoms with Crippen molar-refractivity contribution in [3.8, 4) is 22.5 Å². The van der Waals surface area contributed by atoms with E-state index in [9.17, 15) is 13.2 Å². The summed E-state index contributed by atoms with van der Waals surface area (Å²) in [6, 6.07) is 17.7. The molecule has 0 spiro atoms. The molecule has 2 aromatic carbocycles. The third kappa shape index (κ3) is 4.59. The van der Waals surface area contributed by atoms with Gasteiger partial charge in [-0.15, -0.1) is 0 Å². The van der Waals surface area contributed by atoms with Gasteiger partial charge in [0, 0.05) is 60.2 Å². The van der Waals surface area contributed by atoms with Gasteiger partial charge >= 0.3 is 6.18 Å². The number of aromatic amines is 1. The molecule has 1 unspecified atom stereocenters. The van der Waals surface area contributed by atoms with Gasteiger partial charge in [0.1, 0.15) is 5.82 Å². The number of hydrogen-bond donors (Lipinski definition) is 2. The Hall–Kier alpha value is -4.60. The number of halogens is 3. The summed E-state index contributed by atoms with van der Waals surface area (Å²) in [5.41, 5.74) is 4.36. The van der Waals surface area contributed by atoms with Gasteiger partial charge in [-0.3, -0.25) is 5.10 Å². The summed E-state index contributed by atoms with van der Waals surface area (Å²) in [5, 5.41) is 11.1. The Kier molecular flexibility index (Phi) is 6.13. The van der Waals surface area contributed by atoms with Gasteiger partial charge in [-0.2, -0.15) is 18.3 Å². The summed E-state index contributed by atoms with van der Waals surface area (Å²) in [6.07, 6.45) is 1.13. The molecule has 0 amide bonds. The summed E-state index contributed by atoms with van der Waals surface area (Å²) in [5.74, 6) is 1.22. The van der Waals surface area contributed by atoms with Gasteiger partial charge in [-0.1, -0.05) is 30.8 Å². The minimum absolute atomic E-state index is 0.0554.